The Bertz CT molecular complexity index is 645. The highest BCUT2D eigenvalue weighted by Gasteiger charge is 2.21. The number of aromatic nitrogens is 3. The molecule has 0 saturated carbocycles. The minimum atomic E-state index is -0.437. The minimum absolute atomic E-state index is 0.0138. The van der Waals surface area contributed by atoms with Gasteiger partial charge in [-0.15, -0.1) is 11.3 Å². The van der Waals surface area contributed by atoms with Crippen LogP contribution in [-0.2, 0) is 4.74 Å². The van der Waals surface area contributed by atoms with E-state index in [1.165, 1.54) is 18.4 Å². The van der Waals surface area contributed by atoms with Gasteiger partial charge in [-0.3, -0.25) is 0 Å². The van der Waals surface area contributed by atoms with Gasteiger partial charge in [-0.2, -0.15) is 15.0 Å². The molecular weight excluding hydrogens is 302 g/mol. The lowest BCUT2D eigenvalue weighted by Crippen LogP contribution is -2.05. The second-order valence-corrected chi connectivity index (χ2v) is 4.98. The van der Waals surface area contributed by atoms with Gasteiger partial charge in [-0.1, -0.05) is 0 Å². The van der Waals surface area contributed by atoms with Crippen molar-refractivity contribution < 1.29 is 14.3 Å². The summed E-state index contributed by atoms with van der Waals surface area (Å²) in [5.41, 5.74) is 1.45. The molecule has 106 valence electrons. The Balaban J connectivity index is 2.56. The van der Waals surface area contributed by atoms with Crippen molar-refractivity contribution in [3.63, 3.8) is 0 Å². The Morgan fingerprint density at radius 2 is 2.15 bits per heavy atom. The van der Waals surface area contributed by atoms with E-state index in [1.807, 2.05) is 19.2 Å². The summed E-state index contributed by atoms with van der Waals surface area (Å²) in [4.78, 5) is 24.3. The number of ether oxygens (including phenoxy) is 2. The highest BCUT2D eigenvalue weighted by molar-refractivity contribution is 7.12. The lowest BCUT2D eigenvalue weighted by molar-refractivity contribution is 0.0607. The van der Waals surface area contributed by atoms with Gasteiger partial charge in [-0.05, 0) is 36.4 Å². The van der Waals surface area contributed by atoms with Crippen molar-refractivity contribution in [3.8, 4) is 17.4 Å². The summed E-state index contributed by atoms with van der Waals surface area (Å²) in [6.07, 6.45) is 0. The van der Waals surface area contributed by atoms with Crippen LogP contribution in [0.25, 0.3) is 11.4 Å². The number of nitrogens with zero attached hydrogens (tertiary/aromatic N) is 3. The number of aryl methyl sites for hydroxylation is 1. The molecule has 0 aliphatic rings. The molecule has 0 spiro atoms. The third-order valence-electron chi connectivity index (χ3n) is 2.43. The van der Waals surface area contributed by atoms with Crippen LogP contribution in [0.2, 0.25) is 5.28 Å². The molecule has 6 nitrogen and oxygen atoms in total. The van der Waals surface area contributed by atoms with Crippen LogP contribution in [-0.4, -0.2) is 34.6 Å². The van der Waals surface area contributed by atoms with Crippen molar-refractivity contribution in [2.75, 3.05) is 13.7 Å². The quantitative estimate of drug-likeness (QED) is 0.808. The fraction of sp³-hybridized carbons (Fsp3) is 0.333. The maximum Gasteiger partial charge on any atom is 0.348 e. The average Bonchev–Trinajstić information content (AvgIpc) is 2.79. The number of rotatable bonds is 4. The van der Waals surface area contributed by atoms with E-state index in [0.29, 0.717) is 22.9 Å². The largest absolute Gasteiger partial charge is 0.465 e. The lowest BCUT2D eigenvalue weighted by atomic mass is 10.1. The summed E-state index contributed by atoms with van der Waals surface area (Å²) in [6, 6.07) is 0.129. The molecule has 0 atom stereocenters. The normalized spacial score (nSPS) is 10.4. The molecule has 0 radical (unpaired) electrons. The number of halogens is 1. The van der Waals surface area contributed by atoms with E-state index in [2.05, 4.69) is 15.0 Å². The summed E-state index contributed by atoms with van der Waals surface area (Å²) in [5, 5.41) is 1.85. The topological polar surface area (TPSA) is 74.2 Å². The van der Waals surface area contributed by atoms with Crippen molar-refractivity contribution in [1.82, 2.24) is 15.0 Å². The van der Waals surface area contributed by atoms with Gasteiger partial charge in [0, 0.05) is 5.56 Å². The Labute approximate surface area is 124 Å². The van der Waals surface area contributed by atoms with Crippen LogP contribution in [0.3, 0.4) is 0 Å². The van der Waals surface area contributed by atoms with Crippen molar-refractivity contribution in [3.05, 3.63) is 21.1 Å². The number of hydrogen-bond donors (Lipinski definition) is 0. The molecule has 8 heteroatoms. The number of esters is 1. The van der Waals surface area contributed by atoms with Gasteiger partial charge in [0.1, 0.15) is 4.88 Å². The van der Waals surface area contributed by atoms with Crippen molar-refractivity contribution in [1.29, 1.82) is 0 Å². The molecule has 20 heavy (non-hydrogen) atoms. The summed E-state index contributed by atoms with van der Waals surface area (Å²) in [5.74, 6) is -0.139. The van der Waals surface area contributed by atoms with Crippen LogP contribution in [0.5, 0.6) is 6.01 Å². The van der Waals surface area contributed by atoms with E-state index in [-0.39, 0.29) is 11.3 Å². The van der Waals surface area contributed by atoms with Gasteiger partial charge in [0.05, 0.1) is 13.7 Å². The molecule has 0 unspecified atom stereocenters. The zero-order valence-electron chi connectivity index (χ0n) is 11.1. The first-order valence-electron chi connectivity index (χ1n) is 5.78. The van der Waals surface area contributed by atoms with Crippen LogP contribution in [0, 0.1) is 6.92 Å². The lowest BCUT2D eigenvalue weighted by Gasteiger charge is -2.06. The van der Waals surface area contributed by atoms with Crippen LogP contribution in [0.15, 0.2) is 5.38 Å². The van der Waals surface area contributed by atoms with E-state index in [0.717, 1.165) is 5.56 Å². The van der Waals surface area contributed by atoms with Gasteiger partial charge >= 0.3 is 12.0 Å². The summed E-state index contributed by atoms with van der Waals surface area (Å²) >= 11 is 7.14. The molecule has 0 fully saturated rings. The van der Waals surface area contributed by atoms with Gasteiger partial charge < -0.3 is 9.47 Å². The van der Waals surface area contributed by atoms with E-state index in [9.17, 15) is 4.79 Å². The first kappa shape index (κ1) is 14.7. The van der Waals surface area contributed by atoms with Gasteiger partial charge in [0.2, 0.25) is 5.28 Å². The zero-order chi connectivity index (χ0) is 14.7. The maximum atomic E-state index is 11.8. The van der Waals surface area contributed by atoms with Crippen molar-refractivity contribution >= 4 is 28.9 Å². The molecule has 0 amide bonds. The monoisotopic (exact) mass is 313 g/mol. The van der Waals surface area contributed by atoms with Crippen LogP contribution in [0.4, 0.5) is 0 Å². The number of hydrogen-bond acceptors (Lipinski definition) is 7. The summed E-state index contributed by atoms with van der Waals surface area (Å²) < 4.78 is 9.99. The maximum absolute atomic E-state index is 11.8. The molecule has 2 rings (SSSR count). The van der Waals surface area contributed by atoms with Gasteiger partial charge in [0.15, 0.2) is 5.82 Å². The van der Waals surface area contributed by atoms with Crippen LogP contribution < -0.4 is 4.74 Å². The van der Waals surface area contributed by atoms with Gasteiger partial charge in [-0.25, -0.2) is 4.79 Å². The second kappa shape index (κ2) is 6.15. The molecule has 2 heterocycles. The fourth-order valence-corrected chi connectivity index (χ4v) is 2.72. The third kappa shape index (κ3) is 2.88. The highest BCUT2D eigenvalue weighted by atomic mass is 35.5. The number of carbonyl (C=O) groups excluding carboxylic acids is 1. The van der Waals surface area contributed by atoms with E-state index in [4.69, 9.17) is 21.1 Å². The number of methoxy groups -OCH3 is 1. The minimum Gasteiger partial charge on any atom is -0.465 e. The summed E-state index contributed by atoms with van der Waals surface area (Å²) in [7, 11) is 1.33. The molecule has 0 bridgehead atoms. The third-order valence-corrected chi connectivity index (χ3v) is 3.68. The molecule has 0 aromatic carbocycles. The molecule has 0 N–H and O–H groups in total. The summed E-state index contributed by atoms with van der Waals surface area (Å²) in [6.45, 7) is 4.08. The zero-order valence-corrected chi connectivity index (χ0v) is 12.7. The molecule has 2 aromatic rings. The second-order valence-electron chi connectivity index (χ2n) is 3.76. The van der Waals surface area contributed by atoms with Gasteiger partial charge in [0.25, 0.3) is 0 Å². The smallest absolute Gasteiger partial charge is 0.348 e. The van der Waals surface area contributed by atoms with E-state index < -0.39 is 5.97 Å². The number of thiophene rings is 1. The Morgan fingerprint density at radius 1 is 1.40 bits per heavy atom. The van der Waals surface area contributed by atoms with Crippen molar-refractivity contribution in [2.45, 2.75) is 13.8 Å². The standard InChI is InChI=1S/C12H12ClN3O3S/c1-4-19-12-15-9(14-11(13)16-12)7-6(2)5-20-8(7)10(17)18-3/h5H,4H2,1-3H3. The first-order valence-corrected chi connectivity index (χ1v) is 7.03. The van der Waals surface area contributed by atoms with Crippen molar-refractivity contribution in [2.24, 2.45) is 0 Å². The Kier molecular flexibility index (Phi) is 4.51. The SMILES string of the molecule is CCOc1nc(Cl)nc(-c2c(C)csc2C(=O)OC)n1. The van der Waals surface area contributed by atoms with E-state index >= 15 is 0 Å². The van der Waals surface area contributed by atoms with E-state index in [1.54, 1.807) is 0 Å². The molecule has 0 aliphatic heterocycles. The number of carbonyl (C=O) groups is 1. The first-order chi connectivity index (χ1) is 9.56. The molecule has 2 aromatic heterocycles. The predicted molar refractivity (Wildman–Crippen MR) is 75.4 cm³/mol. The van der Waals surface area contributed by atoms with Crippen LogP contribution in [0.1, 0.15) is 22.2 Å². The fourth-order valence-electron chi connectivity index (χ4n) is 1.60. The van der Waals surface area contributed by atoms with Crippen LogP contribution >= 0.6 is 22.9 Å². The highest BCUT2D eigenvalue weighted by Crippen LogP contribution is 2.31. The molecule has 0 aliphatic carbocycles. The molecular formula is C12H12ClN3O3S. The predicted octanol–water partition coefficient (Wildman–Crippen LogP) is 2.75. The Morgan fingerprint density at radius 3 is 2.80 bits per heavy atom. The molecule has 0 saturated heterocycles. The average molecular weight is 314 g/mol. The Hall–Kier alpha value is -1.73.